The topological polar surface area (TPSA) is 38.3 Å². The third kappa shape index (κ3) is 3.60. The van der Waals surface area contributed by atoms with Gasteiger partial charge < -0.3 is 10.1 Å². The Morgan fingerprint density at radius 1 is 1.14 bits per heavy atom. The molecule has 0 heterocycles. The van der Waals surface area contributed by atoms with Gasteiger partial charge in [0.1, 0.15) is 5.75 Å². The average molecular weight is 287 g/mol. The SMILES string of the molecule is CNC(=O)c1ccc(Oc2ccc(C(C)C)cc2)c(F)c1. The van der Waals surface area contributed by atoms with Crippen molar-refractivity contribution >= 4 is 5.91 Å². The van der Waals surface area contributed by atoms with Gasteiger partial charge in [-0.25, -0.2) is 4.39 Å². The summed E-state index contributed by atoms with van der Waals surface area (Å²) in [6, 6.07) is 11.7. The maximum Gasteiger partial charge on any atom is 0.251 e. The van der Waals surface area contributed by atoms with E-state index in [1.165, 1.54) is 24.7 Å². The number of hydrogen-bond acceptors (Lipinski definition) is 2. The molecule has 0 saturated carbocycles. The third-order valence-electron chi connectivity index (χ3n) is 3.20. The van der Waals surface area contributed by atoms with E-state index < -0.39 is 5.82 Å². The number of carbonyl (C=O) groups excluding carboxylic acids is 1. The molecule has 0 unspecified atom stereocenters. The van der Waals surface area contributed by atoms with Crippen molar-refractivity contribution in [3.63, 3.8) is 0 Å². The minimum atomic E-state index is -0.566. The Kier molecular flexibility index (Phi) is 4.58. The summed E-state index contributed by atoms with van der Waals surface area (Å²) in [4.78, 5) is 11.4. The monoisotopic (exact) mass is 287 g/mol. The van der Waals surface area contributed by atoms with Crippen molar-refractivity contribution in [1.82, 2.24) is 5.32 Å². The highest BCUT2D eigenvalue weighted by Gasteiger charge is 2.10. The standard InChI is InChI=1S/C17H18FNO2/c1-11(2)12-4-7-14(8-5-12)21-16-9-6-13(10-15(16)18)17(20)19-3/h4-11H,1-3H3,(H,19,20). The number of amides is 1. The third-order valence-corrected chi connectivity index (χ3v) is 3.20. The van der Waals surface area contributed by atoms with Gasteiger partial charge in [0.25, 0.3) is 5.91 Å². The van der Waals surface area contributed by atoms with E-state index in [-0.39, 0.29) is 17.2 Å². The van der Waals surface area contributed by atoms with Crippen LogP contribution in [-0.2, 0) is 0 Å². The van der Waals surface area contributed by atoms with Crippen molar-refractivity contribution < 1.29 is 13.9 Å². The van der Waals surface area contributed by atoms with Gasteiger partial charge in [-0.2, -0.15) is 0 Å². The van der Waals surface area contributed by atoms with Crippen LogP contribution in [0.25, 0.3) is 0 Å². The highest BCUT2D eigenvalue weighted by atomic mass is 19.1. The van der Waals surface area contributed by atoms with Crippen LogP contribution in [0.15, 0.2) is 42.5 Å². The summed E-state index contributed by atoms with van der Waals surface area (Å²) in [5, 5.41) is 2.45. The first-order valence-electron chi connectivity index (χ1n) is 6.80. The van der Waals surface area contributed by atoms with Gasteiger partial charge in [0.15, 0.2) is 11.6 Å². The molecular weight excluding hydrogens is 269 g/mol. The van der Waals surface area contributed by atoms with Crippen molar-refractivity contribution in [2.75, 3.05) is 7.05 Å². The van der Waals surface area contributed by atoms with Gasteiger partial charge in [-0.1, -0.05) is 26.0 Å². The molecule has 0 saturated heterocycles. The average Bonchev–Trinajstić information content (AvgIpc) is 2.49. The van der Waals surface area contributed by atoms with E-state index in [9.17, 15) is 9.18 Å². The van der Waals surface area contributed by atoms with E-state index in [1.54, 1.807) is 12.1 Å². The molecule has 1 amide bonds. The van der Waals surface area contributed by atoms with Gasteiger partial charge in [-0.3, -0.25) is 4.79 Å². The molecule has 4 heteroatoms. The van der Waals surface area contributed by atoms with Crippen molar-refractivity contribution in [3.05, 3.63) is 59.4 Å². The van der Waals surface area contributed by atoms with E-state index in [1.807, 2.05) is 12.1 Å². The lowest BCUT2D eigenvalue weighted by molar-refractivity contribution is 0.0962. The molecule has 0 radical (unpaired) electrons. The molecule has 2 rings (SSSR count). The molecule has 110 valence electrons. The first-order valence-corrected chi connectivity index (χ1v) is 6.80. The second-order valence-electron chi connectivity index (χ2n) is 5.05. The molecule has 0 aliphatic carbocycles. The molecule has 0 aliphatic heterocycles. The smallest absolute Gasteiger partial charge is 0.251 e. The van der Waals surface area contributed by atoms with E-state index in [4.69, 9.17) is 4.74 Å². The van der Waals surface area contributed by atoms with Gasteiger partial charge in [0.2, 0.25) is 0 Å². The number of ether oxygens (including phenoxy) is 1. The summed E-state index contributed by atoms with van der Waals surface area (Å²) >= 11 is 0. The lowest BCUT2D eigenvalue weighted by atomic mass is 10.0. The maximum atomic E-state index is 13.9. The van der Waals surface area contributed by atoms with E-state index in [2.05, 4.69) is 19.2 Å². The molecule has 21 heavy (non-hydrogen) atoms. The summed E-state index contributed by atoms with van der Waals surface area (Å²) < 4.78 is 19.4. The van der Waals surface area contributed by atoms with Crippen LogP contribution in [0.1, 0.15) is 35.7 Å². The van der Waals surface area contributed by atoms with Gasteiger partial charge >= 0.3 is 0 Å². The van der Waals surface area contributed by atoms with E-state index in [0.29, 0.717) is 11.7 Å². The molecule has 2 aromatic carbocycles. The summed E-state index contributed by atoms with van der Waals surface area (Å²) in [6.45, 7) is 4.21. The first kappa shape index (κ1) is 15.0. The lowest BCUT2D eigenvalue weighted by Crippen LogP contribution is -2.17. The summed E-state index contributed by atoms with van der Waals surface area (Å²) in [5.41, 5.74) is 1.45. The second kappa shape index (κ2) is 6.39. The van der Waals surface area contributed by atoms with Crippen LogP contribution in [0.2, 0.25) is 0 Å². The van der Waals surface area contributed by atoms with Gasteiger partial charge in [0.05, 0.1) is 0 Å². The fourth-order valence-electron chi connectivity index (χ4n) is 1.92. The Bertz CT molecular complexity index is 636. The minimum absolute atomic E-state index is 0.0972. The molecule has 0 fully saturated rings. The van der Waals surface area contributed by atoms with E-state index >= 15 is 0 Å². The fraction of sp³-hybridized carbons (Fsp3) is 0.235. The molecule has 3 nitrogen and oxygen atoms in total. The van der Waals surface area contributed by atoms with E-state index in [0.717, 1.165) is 6.07 Å². The second-order valence-corrected chi connectivity index (χ2v) is 5.05. The summed E-state index contributed by atoms with van der Waals surface area (Å²) in [7, 11) is 1.50. The van der Waals surface area contributed by atoms with Gasteiger partial charge in [-0.05, 0) is 41.8 Å². The van der Waals surface area contributed by atoms with Crippen LogP contribution < -0.4 is 10.1 Å². The fourth-order valence-corrected chi connectivity index (χ4v) is 1.92. The Hall–Kier alpha value is -2.36. The van der Waals surface area contributed by atoms with Crippen molar-refractivity contribution in [1.29, 1.82) is 0 Å². The minimum Gasteiger partial charge on any atom is -0.454 e. The molecule has 0 bridgehead atoms. The lowest BCUT2D eigenvalue weighted by Gasteiger charge is -2.10. The molecule has 0 spiro atoms. The molecule has 0 atom stereocenters. The number of rotatable bonds is 4. The van der Waals surface area contributed by atoms with Crippen LogP contribution in [0.3, 0.4) is 0 Å². The molecule has 2 aromatic rings. The number of nitrogens with one attached hydrogen (secondary N) is 1. The van der Waals surface area contributed by atoms with Gasteiger partial charge in [0, 0.05) is 12.6 Å². The number of carbonyl (C=O) groups is 1. The summed E-state index contributed by atoms with van der Waals surface area (Å²) in [6.07, 6.45) is 0. The highest BCUT2D eigenvalue weighted by Crippen LogP contribution is 2.26. The zero-order chi connectivity index (χ0) is 15.4. The zero-order valence-corrected chi connectivity index (χ0v) is 12.3. The highest BCUT2D eigenvalue weighted by molar-refractivity contribution is 5.94. The quantitative estimate of drug-likeness (QED) is 0.919. The molecule has 0 aromatic heterocycles. The Morgan fingerprint density at radius 3 is 2.33 bits per heavy atom. The largest absolute Gasteiger partial charge is 0.454 e. The van der Waals surface area contributed by atoms with Gasteiger partial charge in [-0.15, -0.1) is 0 Å². The Morgan fingerprint density at radius 2 is 1.81 bits per heavy atom. The number of hydrogen-bond donors (Lipinski definition) is 1. The normalized spacial score (nSPS) is 10.5. The molecule has 1 N–H and O–H groups in total. The zero-order valence-electron chi connectivity index (χ0n) is 12.3. The Labute approximate surface area is 123 Å². The maximum absolute atomic E-state index is 13.9. The first-order chi connectivity index (χ1) is 10.0. The summed E-state index contributed by atoms with van der Waals surface area (Å²) in [5.74, 6) is 0.194. The Balaban J connectivity index is 2.18. The van der Waals surface area contributed by atoms with Crippen LogP contribution >= 0.6 is 0 Å². The van der Waals surface area contributed by atoms with Crippen LogP contribution in [0.4, 0.5) is 4.39 Å². The number of halogens is 1. The van der Waals surface area contributed by atoms with Crippen LogP contribution in [-0.4, -0.2) is 13.0 Å². The van der Waals surface area contributed by atoms with Crippen LogP contribution in [0, 0.1) is 5.82 Å². The van der Waals surface area contributed by atoms with Crippen molar-refractivity contribution in [2.24, 2.45) is 0 Å². The predicted octanol–water partition coefficient (Wildman–Crippen LogP) is 4.10. The molecular formula is C17H18FNO2. The predicted molar refractivity (Wildman–Crippen MR) is 80.4 cm³/mol. The number of benzene rings is 2. The molecule has 0 aliphatic rings. The van der Waals surface area contributed by atoms with Crippen molar-refractivity contribution in [2.45, 2.75) is 19.8 Å². The van der Waals surface area contributed by atoms with Crippen molar-refractivity contribution in [3.8, 4) is 11.5 Å². The van der Waals surface area contributed by atoms with Crippen LogP contribution in [0.5, 0.6) is 11.5 Å².